The van der Waals surface area contributed by atoms with Gasteiger partial charge in [0.05, 0.1) is 0 Å². The van der Waals surface area contributed by atoms with Gasteiger partial charge in [0.25, 0.3) is 5.91 Å². The Labute approximate surface area is 121 Å². The van der Waals surface area contributed by atoms with Gasteiger partial charge in [-0.15, -0.1) is 13.2 Å². The van der Waals surface area contributed by atoms with Crippen molar-refractivity contribution in [2.75, 3.05) is 0 Å². The highest BCUT2D eigenvalue weighted by molar-refractivity contribution is 7.07. The maximum atomic E-state index is 12.3. The van der Waals surface area contributed by atoms with E-state index in [0.717, 1.165) is 11.5 Å². The molecule has 0 bridgehead atoms. The molecule has 21 heavy (non-hydrogen) atoms. The van der Waals surface area contributed by atoms with Gasteiger partial charge in [-0.25, -0.2) is 4.98 Å². The van der Waals surface area contributed by atoms with Crippen LogP contribution in [0.15, 0.2) is 24.3 Å². The molecule has 0 spiro atoms. The standard InChI is InChI=1S/C12H10F3N3O2S/c1-7-17-11(21-18-7)10(19)16-6-8-4-2-3-5-9(8)20-12(13,14)15/h2-5H,6H2,1H3,(H,16,19). The molecule has 112 valence electrons. The SMILES string of the molecule is Cc1nsc(C(=O)NCc2ccccc2OC(F)(F)F)n1. The number of hydrogen-bond acceptors (Lipinski definition) is 5. The van der Waals surface area contributed by atoms with Gasteiger partial charge in [-0.05, 0) is 24.5 Å². The van der Waals surface area contributed by atoms with Crippen molar-refractivity contribution < 1.29 is 22.7 Å². The molecule has 0 atom stereocenters. The fourth-order valence-electron chi connectivity index (χ4n) is 1.51. The second-order valence-electron chi connectivity index (χ2n) is 3.98. The number of para-hydroxylation sites is 1. The van der Waals surface area contributed by atoms with Gasteiger partial charge in [-0.1, -0.05) is 18.2 Å². The molecule has 0 aliphatic heterocycles. The summed E-state index contributed by atoms with van der Waals surface area (Å²) < 4.78 is 44.5. The van der Waals surface area contributed by atoms with Crippen molar-refractivity contribution in [1.82, 2.24) is 14.7 Å². The van der Waals surface area contributed by atoms with Crippen molar-refractivity contribution in [3.8, 4) is 5.75 Å². The number of benzene rings is 1. The normalized spacial score (nSPS) is 11.2. The first-order valence-corrected chi connectivity index (χ1v) is 6.54. The second kappa shape index (κ2) is 6.08. The van der Waals surface area contributed by atoms with E-state index in [-0.39, 0.29) is 22.9 Å². The number of ether oxygens (including phenoxy) is 1. The third kappa shape index (κ3) is 4.42. The summed E-state index contributed by atoms with van der Waals surface area (Å²) in [6.07, 6.45) is -4.78. The predicted octanol–water partition coefficient (Wildman–Crippen LogP) is 2.68. The molecule has 0 unspecified atom stereocenters. The molecule has 1 aromatic carbocycles. The zero-order chi connectivity index (χ0) is 15.5. The first kappa shape index (κ1) is 15.2. The van der Waals surface area contributed by atoms with Gasteiger partial charge in [-0.3, -0.25) is 4.79 Å². The van der Waals surface area contributed by atoms with Crippen LogP contribution in [0, 0.1) is 6.92 Å². The van der Waals surface area contributed by atoms with E-state index in [0.29, 0.717) is 5.82 Å². The largest absolute Gasteiger partial charge is 0.573 e. The van der Waals surface area contributed by atoms with Gasteiger partial charge >= 0.3 is 6.36 Å². The van der Waals surface area contributed by atoms with Crippen LogP contribution in [0.3, 0.4) is 0 Å². The molecular weight excluding hydrogens is 307 g/mol. The molecule has 9 heteroatoms. The minimum absolute atomic E-state index is 0.107. The number of halogens is 3. The summed E-state index contributed by atoms with van der Waals surface area (Å²) in [7, 11) is 0. The van der Waals surface area contributed by atoms with Gasteiger partial charge in [0.2, 0.25) is 5.01 Å². The lowest BCUT2D eigenvalue weighted by molar-refractivity contribution is -0.274. The van der Waals surface area contributed by atoms with E-state index in [2.05, 4.69) is 19.4 Å². The zero-order valence-electron chi connectivity index (χ0n) is 10.8. The first-order valence-electron chi connectivity index (χ1n) is 5.77. The Bertz CT molecular complexity index is 643. The van der Waals surface area contributed by atoms with E-state index in [1.165, 1.54) is 18.2 Å². The zero-order valence-corrected chi connectivity index (χ0v) is 11.6. The quantitative estimate of drug-likeness (QED) is 0.941. The molecule has 1 amide bonds. The van der Waals surface area contributed by atoms with Crippen LogP contribution in [-0.2, 0) is 6.54 Å². The van der Waals surface area contributed by atoms with Crippen LogP contribution >= 0.6 is 11.5 Å². The Balaban J connectivity index is 2.05. The van der Waals surface area contributed by atoms with Crippen LogP contribution in [0.2, 0.25) is 0 Å². The Morgan fingerprint density at radius 3 is 2.71 bits per heavy atom. The first-order chi connectivity index (χ1) is 9.85. The minimum Gasteiger partial charge on any atom is -0.405 e. The van der Waals surface area contributed by atoms with E-state index < -0.39 is 12.3 Å². The summed E-state index contributed by atoms with van der Waals surface area (Å²) in [6, 6.07) is 5.59. The van der Waals surface area contributed by atoms with Gasteiger partial charge in [-0.2, -0.15) is 4.37 Å². The fraction of sp³-hybridized carbons (Fsp3) is 0.250. The number of alkyl halides is 3. The van der Waals surface area contributed by atoms with Gasteiger partial charge in [0.1, 0.15) is 11.6 Å². The average Bonchev–Trinajstić information content (AvgIpc) is 2.82. The second-order valence-corrected chi connectivity index (χ2v) is 4.74. The van der Waals surface area contributed by atoms with Gasteiger partial charge in [0.15, 0.2) is 0 Å². The third-order valence-corrected chi connectivity index (χ3v) is 3.16. The molecule has 0 saturated heterocycles. The highest BCUT2D eigenvalue weighted by atomic mass is 32.1. The number of nitrogens with zero attached hydrogens (tertiary/aromatic N) is 2. The maximum absolute atomic E-state index is 12.3. The van der Waals surface area contributed by atoms with Gasteiger partial charge in [0, 0.05) is 12.1 Å². The van der Waals surface area contributed by atoms with Crippen LogP contribution in [0.4, 0.5) is 13.2 Å². The van der Waals surface area contributed by atoms with E-state index >= 15 is 0 Å². The minimum atomic E-state index is -4.78. The number of aromatic nitrogens is 2. The monoisotopic (exact) mass is 317 g/mol. The van der Waals surface area contributed by atoms with Crippen molar-refractivity contribution in [3.05, 3.63) is 40.7 Å². The number of aryl methyl sites for hydroxylation is 1. The molecule has 0 aliphatic carbocycles. The Kier molecular flexibility index (Phi) is 4.41. The summed E-state index contributed by atoms with van der Waals surface area (Å²) in [5.41, 5.74) is 0.212. The predicted molar refractivity (Wildman–Crippen MR) is 68.9 cm³/mol. The Morgan fingerprint density at radius 2 is 2.10 bits per heavy atom. The summed E-state index contributed by atoms with van der Waals surface area (Å²) >= 11 is 0.923. The van der Waals surface area contributed by atoms with Crippen molar-refractivity contribution in [2.24, 2.45) is 0 Å². The van der Waals surface area contributed by atoms with Crippen LogP contribution in [0.5, 0.6) is 5.75 Å². The number of amides is 1. The smallest absolute Gasteiger partial charge is 0.405 e. The summed E-state index contributed by atoms with van der Waals surface area (Å²) in [5, 5.41) is 2.63. The molecule has 1 heterocycles. The molecular formula is C12H10F3N3O2S. The van der Waals surface area contributed by atoms with E-state index in [1.807, 2.05) is 0 Å². The van der Waals surface area contributed by atoms with Crippen molar-refractivity contribution >= 4 is 17.4 Å². The highest BCUT2D eigenvalue weighted by Crippen LogP contribution is 2.26. The van der Waals surface area contributed by atoms with Gasteiger partial charge < -0.3 is 10.1 Å². The lowest BCUT2D eigenvalue weighted by Crippen LogP contribution is -2.24. The van der Waals surface area contributed by atoms with Crippen LogP contribution in [0.25, 0.3) is 0 Å². The molecule has 0 radical (unpaired) electrons. The van der Waals surface area contributed by atoms with E-state index in [4.69, 9.17) is 0 Å². The fourth-order valence-corrected chi connectivity index (χ4v) is 2.10. The Morgan fingerprint density at radius 1 is 1.38 bits per heavy atom. The van der Waals surface area contributed by atoms with Crippen molar-refractivity contribution in [1.29, 1.82) is 0 Å². The lowest BCUT2D eigenvalue weighted by atomic mass is 10.2. The highest BCUT2D eigenvalue weighted by Gasteiger charge is 2.32. The average molecular weight is 317 g/mol. The van der Waals surface area contributed by atoms with Crippen LogP contribution < -0.4 is 10.1 Å². The topological polar surface area (TPSA) is 64.1 Å². The molecule has 5 nitrogen and oxygen atoms in total. The van der Waals surface area contributed by atoms with E-state index in [1.54, 1.807) is 13.0 Å². The summed E-state index contributed by atoms with van der Waals surface area (Å²) in [5.74, 6) is -0.382. The number of carbonyl (C=O) groups excluding carboxylic acids is 1. The number of hydrogen-bond donors (Lipinski definition) is 1. The van der Waals surface area contributed by atoms with Crippen LogP contribution in [-0.4, -0.2) is 21.6 Å². The lowest BCUT2D eigenvalue weighted by Gasteiger charge is -2.13. The summed E-state index contributed by atoms with van der Waals surface area (Å²) in [4.78, 5) is 15.7. The molecule has 1 N–H and O–H groups in total. The molecule has 0 saturated carbocycles. The Hall–Kier alpha value is -2.16. The third-order valence-electron chi connectivity index (χ3n) is 2.36. The number of carbonyl (C=O) groups is 1. The molecule has 0 fully saturated rings. The molecule has 2 aromatic rings. The molecule has 1 aromatic heterocycles. The maximum Gasteiger partial charge on any atom is 0.573 e. The summed E-state index contributed by atoms with van der Waals surface area (Å²) in [6.45, 7) is 1.53. The molecule has 0 aliphatic rings. The number of rotatable bonds is 4. The van der Waals surface area contributed by atoms with E-state index in [9.17, 15) is 18.0 Å². The number of nitrogens with one attached hydrogen (secondary N) is 1. The van der Waals surface area contributed by atoms with Crippen molar-refractivity contribution in [2.45, 2.75) is 19.8 Å². The van der Waals surface area contributed by atoms with Crippen molar-refractivity contribution in [3.63, 3.8) is 0 Å². The molecule has 2 rings (SSSR count). The van der Waals surface area contributed by atoms with Crippen LogP contribution in [0.1, 0.15) is 21.2 Å².